The van der Waals surface area contributed by atoms with Crippen LogP contribution >= 0.6 is 46.0 Å². The van der Waals surface area contributed by atoms with Gasteiger partial charge in [0.05, 0.1) is 8.39 Å². The van der Waals surface area contributed by atoms with Crippen LogP contribution in [0.5, 0.6) is 0 Å². The van der Waals surface area contributed by atoms with Crippen molar-refractivity contribution >= 4 is 76.0 Å². The molecule has 0 radical (unpaired) electrons. The van der Waals surface area contributed by atoms with Gasteiger partial charge in [0, 0.05) is 11.1 Å². The fourth-order valence-corrected chi connectivity index (χ4v) is 5.62. The number of benzene rings is 4. The summed E-state index contributed by atoms with van der Waals surface area (Å²) in [5, 5.41) is 4.78. The number of hydrogen-bond donors (Lipinski definition) is 0. The van der Waals surface area contributed by atoms with Crippen molar-refractivity contribution in [2.75, 3.05) is 0 Å². The summed E-state index contributed by atoms with van der Waals surface area (Å²) in [5.74, 6) is 0. The van der Waals surface area contributed by atoms with E-state index < -0.39 is 0 Å². The number of rotatable bonds is 2. The smallest absolute Gasteiger partial charge is 0.0709 e. The van der Waals surface area contributed by atoms with E-state index in [2.05, 4.69) is 60.7 Å². The SMILES string of the molecule is S=C(SSC(=S)c1cccc2ccccc12)c1cccc2ccccc12. The molecule has 0 saturated carbocycles. The molecule has 4 rings (SSSR count). The summed E-state index contributed by atoms with van der Waals surface area (Å²) in [6, 6.07) is 29.1. The Morgan fingerprint density at radius 2 is 0.885 bits per heavy atom. The van der Waals surface area contributed by atoms with E-state index in [0.717, 1.165) is 19.5 Å². The van der Waals surface area contributed by atoms with Crippen molar-refractivity contribution in [2.24, 2.45) is 0 Å². The average Bonchev–Trinajstić information content (AvgIpc) is 2.71. The Morgan fingerprint density at radius 3 is 1.35 bits per heavy atom. The van der Waals surface area contributed by atoms with Gasteiger partial charge in [-0.2, -0.15) is 0 Å². The maximum atomic E-state index is 5.69. The molecule has 126 valence electrons. The maximum absolute atomic E-state index is 5.69. The van der Waals surface area contributed by atoms with Gasteiger partial charge in [-0.25, -0.2) is 0 Å². The van der Waals surface area contributed by atoms with Gasteiger partial charge in [0.15, 0.2) is 0 Å². The van der Waals surface area contributed by atoms with E-state index in [9.17, 15) is 0 Å². The summed E-state index contributed by atoms with van der Waals surface area (Å²) >= 11 is 11.4. The number of hydrogen-bond acceptors (Lipinski definition) is 4. The van der Waals surface area contributed by atoms with Crippen LogP contribution in [0.2, 0.25) is 0 Å². The van der Waals surface area contributed by atoms with Gasteiger partial charge in [-0.1, -0.05) is 109 Å². The van der Waals surface area contributed by atoms with Gasteiger partial charge in [-0.15, -0.1) is 0 Å². The largest absolute Gasteiger partial charge is 0.0895 e. The second-order valence-corrected chi connectivity index (χ2v) is 9.28. The van der Waals surface area contributed by atoms with Gasteiger partial charge in [0.1, 0.15) is 0 Å². The molecule has 4 aromatic carbocycles. The van der Waals surface area contributed by atoms with Crippen LogP contribution in [0, 0.1) is 0 Å². The third-order valence-corrected chi connectivity index (χ3v) is 7.86. The first-order valence-electron chi connectivity index (χ1n) is 8.13. The van der Waals surface area contributed by atoms with E-state index in [-0.39, 0.29) is 0 Å². The van der Waals surface area contributed by atoms with Crippen LogP contribution < -0.4 is 0 Å². The molecule has 0 nitrogen and oxygen atoms in total. The summed E-state index contributed by atoms with van der Waals surface area (Å²) in [6.45, 7) is 0. The average molecular weight is 407 g/mol. The summed E-state index contributed by atoms with van der Waals surface area (Å²) in [6.07, 6.45) is 0. The monoisotopic (exact) mass is 406 g/mol. The van der Waals surface area contributed by atoms with E-state index in [1.807, 2.05) is 24.3 Å². The lowest BCUT2D eigenvalue weighted by Gasteiger charge is -2.09. The van der Waals surface area contributed by atoms with Crippen molar-refractivity contribution in [3.05, 3.63) is 96.1 Å². The van der Waals surface area contributed by atoms with Crippen LogP contribution in [-0.4, -0.2) is 8.39 Å². The van der Waals surface area contributed by atoms with Crippen molar-refractivity contribution in [2.45, 2.75) is 0 Å². The van der Waals surface area contributed by atoms with Crippen molar-refractivity contribution in [3.63, 3.8) is 0 Å². The minimum atomic E-state index is 0.856. The molecule has 0 atom stereocenters. The van der Waals surface area contributed by atoms with Crippen LogP contribution in [-0.2, 0) is 0 Å². The zero-order valence-corrected chi connectivity index (χ0v) is 17.0. The lowest BCUT2D eigenvalue weighted by molar-refractivity contribution is 1.73. The second kappa shape index (κ2) is 7.89. The zero-order valence-electron chi connectivity index (χ0n) is 13.7. The fraction of sp³-hybridized carbons (Fsp3) is 0. The zero-order chi connectivity index (χ0) is 17.9. The first kappa shape index (κ1) is 17.7. The van der Waals surface area contributed by atoms with Gasteiger partial charge in [-0.3, -0.25) is 0 Å². The minimum Gasteiger partial charge on any atom is -0.0709 e. The summed E-state index contributed by atoms with van der Waals surface area (Å²) in [5.41, 5.74) is 2.19. The molecule has 0 aliphatic rings. The van der Waals surface area contributed by atoms with E-state index in [1.165, 1.54) is 21.5 Å². The minimum absolute atomic E-state index is 0.856. The van der Waals surface area contributed by atoms with Gasteiger partial charge >= 0.3 is 0 Å². The topological polar surface area (TPSA) is 0 Å². The Labute approximate surface area is 171 Å². The molecule has 4 heteroatoms. The highest BCUT2D eigenvalue weighted by atomic mass is 33.1. The summed E-state index contributed by atoms with van der Waals surface area (Å²) < 4.78 is 1.71. The van der Waals surface area contributed by atoms with Crippen LogP contribution in [0.1, 0.15) is 11.1 Å². The van der Waals surface area contributed by atoms with Gasteiger partial charge in [-0.05, 0) is 43.1 Å². The number of fused-ring (bicyclic) bond motifs is 2. The van der Waals surface area contributed by atoms with E-state index in [0.29, 0.717) is 0 Å². The molecule has 4 aromatic rings. The fourth-order valence-electron chi connectivity index (χ4n) is 2.97. The predicted octanol–water partition coefficient (Wildman–Crippen LogP) is 7.43. The van der Waals surface area contributed by atoms with Crippen molar-refractivity contribution in [1.82, 2.24) is 0 Å². The van der Waals surface area contributed by atoms with Crippen LogP contribution in [0.15, 0.2) is 84.9 Å². The maximum Gasteiger partial charge on any atom is 0.0895 e. The Morgan fingerprint density at radius 1 is 0.500 bits per heavy atom. The molecule has 0 aromatic heterocycles. The highest BCUT2D eigenvalue weighted by Gasteiger charge is 2.11. The molecule has 0 amide bonds. The van der Waals surface area contributed by atoms with Gasteiger partial charge < -0.3 is 0 Å². The molecular weight excluding hydrogens is 393 g/mol. The van der Waals surface area contributed by atoms with E-state index in [1.54, 1.807) is 21.6 Å². The highest BCUT2D eigenvalue weighted by molar-refractivity contribution is 8.90. The van der Waals surface area contributed by atoms with Gasteiger partial charge in [0.2, 0.25) is 0 Å². The first-order chi connectivity index (χ1) is 12.7. The third-order valence-electron chi connectivity index (χ3n) is 4.21. The first-order valence-corrected chi connectivity index (χ1v) is 11.1. The summed E-state index contributed by atoms with van der Waals surface area (Å²) in [4.78, 5) is 0. The molecular formula is C22H14S4. The molecule has 0 spiro atoms. The third kappa shape index (κ3) is 3.55. The van der Waals surface area contributed by atoms with Crippen molar-refractivity contribution < 1.29 is 0 Å². The van der Waals surface area contributed by atoms with Crippen LogP contribution in [0.3, 0.4) is 0 Å². The normalized spacial score (nSPS) is 10.9. The molecule has 0 saturated heterocycles. The predicted molar refractivity (Wildman–Crippen MR) is 126 cm³/mol. The molecule has 0 fully saturated rings. The second-order valence-electron chi connectivity index (χ2n) is 5.79. The standard InChI is InChI=1S/C22H14S4/c23-21(19-13-5-9-15-7-1-3-11-17(15)19)25-26-22(24)20-14-6-10-16-8-2-4-12-18(16)20/h1-14H. The molecule has 0 aliphatic carbocycles. The van der Waals surface area contributed by atoms with Crippen molar-refractivity contribution in [3.8, 4) is 0 Å². The quantitative estimate of drug-likeness (QED) is 0.251. The molecule has 0 heterocycles. The Bertz CT molecular complexity index is 1030. The number of thiocarbonyl (C=S) groups is 2. The molecule has 0 N–H and O–H groups in total. The lowest BCUT2D eigenvalue weighted by Crippen LogP contribution is -1.95. The van der Waals surface area contributed by atoms with E-state index in [4.69, 9.17) is 24.4 Å². The van der Waals surface area contributed by atoms with E-state index >= 15 is 0 Å². The van der Waals surface area contributed by atoms with Crippen molar-refractivity contribution in [1.29, 1.82) is 0 Å². The Balaban J connectivity index is 1.56. The molecule has 26 heavy (non-hydrogen) atoms. The summed E-state index contributed by atoms with van der Waals surface area (Å²) in [7, 11) is 3.13. The van der Waals surface area contributed by atoms with Gasteiger partial charge in [0.25, 0.3) is 0 Å². The van der Waals surface area contributed by atoms with Crippen LogP contribution in [0.4, 0.5) is 0 Å². The van der Waals surface area contributed by atoms with Crippen LogP contribution in [0.25, 0.3) is 21.5 Å². The molecule has 0 unspecified atom stereocenters. The Hall–Kier alpha value is -1.72. The lowest BCUT2D eigenvalue weighted by atomic mass is 10.1. The Kier molecular flexibility index (Phi) is 5.36. The highest BCUT2D eigenvalue weighted by Crippen LogP contribution is 2.35. The molecule has 0 aliphatic heterocycles. The molecule has 0 bridgehead atoms.